The van der Waals surface area contributed by atoms with Crippen LogP contribution in [0.2, 0.25) is 5.02 Å². The van der Waals surface area contributed by atoms with Crippen LogP contribution in [0, 0.1) is 0 Å². The van der Waals surface area contributed by atoms with Crippen molar-refractivity contribution in [2.75, 3.05) is 7.11 Å². The Balaban J connectivity index is 0.00000306. The number of halogens is 1. The fraction of sp³-hybridized carbons (Fsp3) is 0.0385. The summed E-state index contributed by atoms with van der Waals surface area (Å²) < 4.78 is 17.4. The van der Waals surface area contributed by atoms with Gasteiger partial charge in [-0.05, 0) is 57.1 Å². The Morgan fingerprint density at radius 1 is 0.727 bits per heavy atom. The third-order valence-corrected chi connectivity index (χ3v) is 6.05. The molecule has 0 aromatic heterocycles. The minimum absolute atomic E-state index is 0. The number of hydrogen-bond acceptors (Lipinski definition) is 4. The molecule has 161 valence electrons. The SMILES string of the molecule is COc1cccc(Cl)c1C(=O)Pc1ccc(Oc2ccccc2)cc1Oc1ccccc1.[Li]. The van der Waals surface area contributed by atoms with Gasteiger partial charge in [-0.15, -0.1) is 0 Å². The Kier molecular flexibility index (Phi) is 9.01. The summed E-state index contributed by atoms with van der Waals surface area (Å²) >= 11 is 6.31. The van der Waals surface area contributed by atoms with Crippen LogP contribution in [-0.4, -0.2) is 31.5 Å². The molecule has 0 saturated carbocycles. The number of ether oxygens (including phenoxy) is 3. The second kappa shape index (κ2) is 11.9. The molecule has 0 amide bonds. The smallest absolute Gasteiger partial charge is 0.190 e. The van der Waals surface area contributed by atoms with Gasteiger partial charge in [-0.25, -0.2) is 0 Å². The number of carbonyl (C=O) groups is 1. The number of methoxy groups -OCH3 is 1. The third-order valence-electron chi connectivity index (χ3n) is 4.57. The summed E-state index contributed by atoms with van der Waals surface area (Å²) in [5.41, 5.74) is 0.229. The Bertz CT molecular complexity index is 1220. The largest absolute Gasteiger partial charge is 0.496 e. The quantitative estimate of drug-likeness (QED) is 0.213. The van der Waals surface area contributed by atoms with Crippen molar-refractivity contribution >= 4 is 49.9 Å². The van der Waals surface area contributed by atoms with Gasteiger partial charge in [-0.3, -0.25) is 4.79 Å². The van der Waals surface area contributed by atoms with E-state index in [1.807, 2.05) is 72.8 Å². The molecule has 4 rings (SSSR count). The van der Waals surface area contributed by atoms with Crippen LogP contribution in [0.3, 0.4) is 0 Å². The van der Waals surface area contributed by atoms with E-state index in [-0.39, 0.29) is 33.0 Å². The van der Waals surface area contributed by atoms with E-state index in [1.165, 1.54) is 7.11 Å². The summed E-state index contributed by atoms with van der Waals surface area (Å²) in [4.78, 5) is 13.2. The van der Waals surface area contributed by atoms with E-state index >= 15 is 0 Å². The van der Waals surface area contributed by atoms with Crippen molar-refractivity contribution in [3.8, 4) is 28.7 Å². The number of hydrogen-bond donors (Lipinski definition) is 0. The van der Waals surface area contributed by atoms with Gasteiger partial charge < -0.3 is 14.2 Å². The van der Waals surface area contributed by atoms with Gasteiger partial charge in [0.1, 0.15) is 28.7 Å². The van der Waals surface area contributed by atoms with Crippen LogP contribution in [0.4, 0.5) is 0 Å². The molecule has 1 radical (unpaired) electrons. The maximum atomic E-state index is 13.2. The molecule has 4 aromatic carbocycles. The minimum Gasteiger partial charge on any atom is -0.496 e. The van der Waals surface area contributed by atoms with Gasteiger partial charge in [-0.1, -0.05) is 54.1 Å². The summed E-state index contributed by atoms with van der Waals surface area (Å²) in [7, 11) is 1.30. The Hall–Kier alpha value is -2.73. The molecule has 1 unspecified atom stereocenters. The molecule has 0 aliphatic carbocycles. The van der Waals surface area contributed by atoms with Crippen molar-refractivity contribution < 1.29 is 19.0 Å². The third kappa shape index (κ3) is 6.41. The fourth-order valence-corrected chi connectivity index (χ4v) is 4.45. The average Bonchev–Trinajstić information content (AvgIpc) is 2.81. The molecule has 4 aromatic rings. The van der Waals surface area contributed by atoms with Crippen molar-refractivity contribution in [2.45, 2.75) is 0 Å². The molecule has 0 saturated heterocycles. The van der Waals surface area contributed by atoms with Gasteiger partial charge >= 0.3 is 0 Å². The molecule has 1 atom stereocenters. The van der Waals surface area contributed by atoms with E-state index in [4.69, 9.17) is 25.8 Å². The summed E-state index contributed by atoms with van der Waals surface area (Å²) in [6.45, 7) is 0. The van der Waals surface area contributed by atoms with Gasteiger partial charge in [0, 0.05) is 30.2 Å². The van der Waals surface area contributed by atoms with Crippen LogP contribution in [-0.2, 0) is 0 Å². The van der Waals surface area contributed by atoms with E-state index in [0.29, 0.717) is 39.3 Å². The van der Waals surface area contributed by atoms with Crippen molar-refractivity contribution in [3.63, 3.8) is 0 Å². The van der Waals surface area contributed by atoms with E-state index in [9.17, 15) is 4.79 Å². The number of rotatable bonds is 8. The van der Waals surface area contributed by atoms with E-state index in [2.05, 4.69) is 0 Å². The first-order chi connectivity index (χ1) is 15.6. The monoisotopic (exact) mass is 469 g/mol. The van der Waals surface area contributed by atoms with Gasteiger partial charge in [-0.2, -0.15) is 0 Å². The first-order valence-electron chi connectivity index (χ1n) is 9.88. The van der Waals surface area contributed by atoms with Crippen LogP contribution in [0.15, 0.2) is 97.1 Å². The van der Waals surface area contributed by atoms with E-state index < -0.39 is 0 Å². The second-order valence-corrected chi connectivity index (χ2v) is 8.41. The summed E-state index contributed by atoms with van der Waals surface area (Å²) in [5, 5.41) is 1.10. The van der Waals surface area contributed by atoms with Crippen molar-refractivity contribution in [1.82, 2.24) is 0 Å². The first kappa shape index (κ1) is 24.9. The molecule has 0 N–H and O–H groups in total. The zero-order valence-electron chi connectivity index (χ0n) is 18.2. The summed E-state index contributed by atoms with van der Waals surface area (Å²) in [6.07, 6.45) is 0. The molecule has 0 aliphatic heterocycles. The summed E-state index contributed by atoms with van der Waals surface area (Å²) in [5.74, 6) is 2.98. The Labute approximate surface area is 211 Å². The van der Waals surface area contributed by atoms with Crippen molar-refractivity contribution in [2.24, 2.45) is 0 Å². The normalized spacial score (nSPS) is 10.5. The van der Waals surface area contributed by atoms with Crippen LogP contribution in [0.1, 0.15) is 10.4 Å². The molecule has 0 heterocycles. The van der Waals surface area contributed by atoms with Gasteiger partial charge in [0.05, 0.1) is 17.7 Å². The number of carbonyl (C=O) groups excluding carboxylic acids is 1. The molecule has 0 spiro atoms. The van der Waals surface area contributed by atoms with Gasteiger partial charge in [0.15, 0.2) is 5.52 Å². The minimum atomic E-state index is -0.218. The Morgan fingerprint density at radius 2 is 1.36 bits per heavy atom. The number of benzene rings is 4. The molecule has 0 bridgehead atoms. The molecular weight excluding hydrogens is 450 g/mol. The standard InChI is InChI=1S/C26H20ClO4P.Li/c1-29-22-14-8-13-21(27)25(22)26(28)32-24-16-15-20(30-18-9-4-2-5-10-18)17-23(24)31-19-11-6-3-7-12-19;/h2-17,32H,1H3;. The predicted octanol–water partition coefficient (Wildman–Crippen LogP) is 6.70. The van der Waals surface area contributed by atoms with Gasteiger partial charge in [0.2, 0.25) is 0 Å². The average molecular weight is 470 g/mol. The zero-order chi connectivity index (χ0) is 22.3. The molecule has 7 heteroatoms. The zero-order valence-corrected chi connectivity index (χ0v) is 20.0. The van der Waals surface area contributed by atoms with Gasteiger partial charge in [0.25, 0.3) is 0 Å². The number of para-hydroxylation sites is 2. The maximum absolute atomic E-state index is 13.2. The molecule has 0 fully saturated rings. The van der Waals surface area contributed by atoms with Crippen LogP contribution < -0.4 is 19.5 Å². The topological polar surface area (TPSA) is 44.8 Å². The first-order valence-corrected chi connectivity index (χ1v) is 11.3. The molecule has 0 aliphatic rings. The maximum Gasteiger partial charge on any atom is 0.190 e. The molecule has 4 nitrogen and oxygen atoms in total. The van der Waals surface area contributed by atoms with Crippen molar-refractivity contribution in [3.05, 3.63) is 108 Å². The van der Waals surface area contributed by atoms with E-state index in [1.54, 1.807) is 24.3 Å². The molecule has 33 heavy (non-hydrogen) atoms. The molecular formula is C26H20ClLiO4P. The van der Waals surface area contributed by atoms with Crippen LogP contribution in [0.5, 0.6) is 28.7 Å². The second-order valence-electron chi connectivity index (χ2n) is 6.76. The van der Waals surface area contributed by atoms with Crippen LogP contribution >= 0.6 is 20.2 Å². The predicted molar refractivity (Wildman–Crippen MR) is 136 cm³/mol. The van der Waals surface area contributed by atoms with E-state index in [0.717, 1.165) is 5.30 Å². The van der Waals surface area contributed by atoms with Crippen molar-refractivity contribution in [1.29, 1.82) is 0 Å². The van der Waals surface area contributed by atoms with Crippen LogP contribution in [0.25, 0.3) is 0 Å². The fourth-order valence-electron chi connectivity index (χ4n) is 3.07. The Morgan fingerprint density at radius 3 is 2.00 bits per heavy atom. The summed E-state index contributed by atoms with van der Waals surface area (Å²) in [6, 6.07) is 29.5.